The van der Waals surface area contributed by atoms with E-state index in [0.29, 0.717) is 0 Å². The monoisotopic (exact) mass is 460 g/mol. The number of hydrogen-bond acceptors (Lipinski definition) is 1. The Morgan fingerprint density at radius 3 is 1.72 bits per heavy atom. The van der Waals surface area contributed by atoms with Crippen LogP contribution in [0.3, 0.4) is 0 Å². The molecule has 0 saturated heterocycles. The third kappa shape index (κ3) is 3.35. The van der Waals surface area contributed by atoms with Gasteiger partial charge in [0.15, 0.2) is 0 Å². The van der Waals surface area contributed by atoms with Crippen LogP contribution in [-0.2, 0) is 0 Å². The predicted molar refractivity (Wildman–Crippen MR) is 153 cm³/mol. The van der Waals surface area contributed by atoms with Gasteiger partial charge in [-0.15, -0.1) is 0 Å². The molecule has 0 unspecified atom stereocenters. The van der Waals surface area contributed by atoms with E-state index in [2.05, 4.69) is 149 Å². The number of para-hydroxylation sites is 3. The fraction of sp³-hybridized carbons (Fsp3) is 0. The Morgan fingerprint density at radius 1 is 0.417 bits per heavy atom. The highest BCUT2D eigenvalue weighted by Gasteiger charge is 2.12. The lowest BCUT2D eigenvalue weighted by Gasteiger charge is -2.15. The third-order valence-corrected chi connectivity index (χ3v) is 6.99. The molecule has 2 nitrogen and oxygen atoms in total. The number of benzene rings is 6. The maximum Gasteiger partial charge on any atom is 0.0541 e. The fourth-order valence-corrected chi connectivity index (χ4v) is 5.34. The van der Waals surface area contributed by atoms with E-state index in [0.717, 1.165) is 17.1 Å². The van der Waals surface area contributed by atoms with Gasteiger partial charge in [-0.1, -0.05) is 97.1 Å². The molecule has 0 aliphatic rings. The number of rotatable bonds is 4. The van der Waals surface area contributed by atoms with Gasteiger partial charge in [-0.3, -0.25) is 0 Å². The zero-order chi connectivity index (χ0) is 23.9. The number of anilines is 2. The van der Waals surface area contributed by atoms with Crippen molar-refractivity contribution in [1.29, 1.82) is 0 Å². The molecule has 7 aromatic rings. The van der Waals surface area contributed by atoms with Gasteiger partial charge >= 0.3 is 0 Å². The lowest BCUT2D eigenvalue weighted by Crippen LogP contribution is -1.96. The predicted octanol–water partition coefficient (Wildman–Crippen LogP) is 9.35. The molecule has 0 saturated carbocycles. The number of fused-ring (bicyclic) bond motifs is 4. The van der Waals surface area contributed by atoms with Crippen molar-refractivity contribution in [2.45, 2.75) is 0 Å². The van der Waals surface area contributed by atoms with Gasteiger partial charge in [0.25, 0.3) is 0 Å². The van der Waals surface area contributed by atoms with Gasteiger partial charge in [-0.05, 0) is 58.8 Å². The highest BCUT2D eigenvalue weighted by Crippen LogP contribution is 2.36. The van der Waals surface area contributed by atoms with E-state index in [-0.39, 0.29) is 0 Å². The minimum atomic E-state index is 1.06. The Labute approximate surface area is 210 Å². The molecule has 0 atom stereocenters. The van der Waals surface area contributed by atoms with Crippen molar-refractivity contribution < 1.29 is 0 Å². The minimum Gasteiger partial charge on any atom is -0.355 e. The second kappa shape index (κ2) is 8.44. The Balaban J connectivity index is 1.28. The molecule has 1 N–H and O–H groups in total. The van der Waals surface area contributed by atoms with Gasteiger partial charge < -0.3 is 9.88 Å². The second-order valence-electron chi connectivity index (χ2n) is 9.11. The average molecular weight is 461 g/mol. The van der Waals surface area contributed by atoms with Gasteiger partial charge in [-0.2, -0.15) is 0 Å². The highest BCUT2D eigenvalue weighted by molar-refractivity contribution is 6.09. The van der Waals surface area contributed by atoms with E-state index in [1.165, 1.54) is 43.7 Å². The SMILES string of the molecule is c1ccc(-c2cccc3ccccc23)c(Nc2ccc(-n3c4ccccc4c4ccccc43)cc2)c1. The van der Waals surface area contributed by atoms with Gasteiger partial charge in [0.1, 0.15) is 0 Å². The summed E-state index contributed by atoms with van der Waals surface area (Å²) in [6, 6.07) is 49.6. The molecule has 7 rings (SSSR count). The van der Waals surface area contributed by atoms with Crippen molar-refractivity contribution in [1.82, 2.24) is 4.57 Å². The largest absolute Gasteiger partial charge is 0.355 e. The van der Waals surface area contributed by atoms with Crippen LogP contribution < -0.4 is 5.32 Å². The molecule has 0 amide bonds. The van der Waals surface area contributed by atoms with Crippen LogP contribution >= 0.6 is 0 Å². The quantitative estimate of drug-likeness (QED) is 0.277. The van der Waals surface area contributed by atoms with Crippen LogP contribution in [-0.4, -0.2) is 4.57 Å². The highest BCUT2D eigenvalue weighted by atomic mass is 15.0. The summed E-state index contributed by atoms with van der Waals surface area (Å²) in [4.78, 5) is 0. The first-order chi connectivity index (χ1) is 17.9. The van der Waals surface area contributed by atoms with E-state index in [4.69, 9.17) is 0 Å². The Hall–Kier alpha value is -4.82. The zero-order valence-corrected chi connectivity index (χ0v) is 19.7. The van der Waals surface area contributed by atoms with Crippen molar-refractivity contribution in [2.75, 3.05) is 5.32 Å². The summed E-state index contributed by atoms with van der Waals surface area (Å²) < 4.78 is 2.35. The summed E-state index contributed by atoms with van der Waals surface area (Å²) >= 11 is 0. The molecular formula is C34H24N2. The summed E-state index contributed by atoms with van der Waals surface area (Å²) in [5.74, 6) is 0. The summed E-state index contributed by atoms with van der Waals surface area (Å²) in [7, 11) is 0. The normalized spacial score (nSPS) is 11.3. The summed E-state index contributed by atoms with van der Waals surface area (Å²) in [6.07, 6.45) is 0. The molecule has 6 aromatic carbocycles. The molecule has 1 heterocycles. The fourth-order valence-electron chi connectivity index (χ4n) is 5.34. The molecule has 1 aromatic heterocycles. The zero-order valence-electron chi connectivity index (χ0n) is 19.7. The van der Waals surface area contributed by atoms with Crippen LogP contribution in [0.2, 0.25) is 0 Å². The van der Waals surface area contributed by atoms with Crippen molar-refractivity contribution in [3.8, 4) is 16.8 Å². The molecule has 36 heavy (non-hydrogen) atoms. The molecule has 0 aliphatic carbocycles. The number of aromatic nitrogens is 1. The first kappa shape index (κ1) is 20.5. The summed E-state index contributed by atoms with van der Waals surface area (Å²) in [5, 5.41) is 8.74. The standard InChI is InChI=1S/C34H24N2/c1-2-12-27-24(10-1)11-9-16-28(27)29-13-3-6-17-32(29)35-25-20-22-26(23-21-25)36-33-18-7-4-14-30(33)31-15-5-8-19-34(31)36/h1-23,35H. The lowest BCUT2D eigenvalue weighted by molar-refractivity contribution is 1.18. The molecule has 0 fully saturated rings. The van der Waals surface area contributed by atoms with Crippen molar-refractivity contribution >= 4 is 44.0 Å². The molecule has 2 heteroatoms. The molecule has 170 valence electrons. The van der Waals surface area contributed by atoms with E-state index in [1.54, 1.807) is 0 Å². The maximum absolute atomic E-state index is 3.67. The Morgan fingerprint density at radius 2 is 0.972 bits per heavy atom. The maximum atomic E-state index is 3.67. The molecule has 0 spiro atoms. The van der Waals surface area contributed by atoms with Crippen LogP contribution in [0.15, 0.2) is 140 Å². The number of nitrogens with one attached hydrogen (secondary N) is 1. The van der Waals surface area contributed by atoms with Crippen LogP contribution in [0, 0.1) is 0 Å². The van der Waals surface area contributed by atoms with Gasteiger partial charge in [-0.25, -0.2) is 0 Å². The van der Waals surface area contributed by atoms with E-state index in [9.17, 15) is 0 Å². The van der Waals surface area contributed by atoms with E-state index >= 15 is 0 Å². The van der Waals surface area contributed by atoms with Gasteiger partial charge in [0, 0.05) is 33.4 Å². The topological polar surface area (TPSA) is 17.0 Å². The van der Waals surface area contributed by atoms with E-state index in [1.807, 2.05) is 0 Å². The van der Waals surface area contributed by atoms with Crippen molar-refractivity contribution in [3.05, 3.63) is 140 Å². The molecule has 0 radical (unpaired) electrons. The first-order valence-electron chi connectivity index (χ1n) is 12.3. The summed E-state index contributed by atoms with van der Waals surface area (Å²) in [6.45, 7) is 0. The Kier molecular flexibility index (Phi) is 4.82. The molecule has 0 bridgehead atoms. The smallest absolute Gasteiger partial charge is 0.0541 e. The first-order valence-corrected chi connectivity index (χ1v) is 12.3. The number of hydrogen-bond donors (Lipinski definition) is 1. The molecule has 0 aliphatic heterocycles. The number of nitrogens with zero attached hydrogens (tertiary/aromatic N) is 1. The van der Waals surface area contributed by atoms with Crippen LogP contribution in [0.5, 0.6) is 0 Å². The van der Waals surface area contributed by atoms with Gasteiger partial charge in [0.2, 0.25) is 0 Å². The average Bonchev–Trinajstić information content (AvgIpc) is 3.28. The van der Waals surface area contributed by atoms with E-state index < -0.39 is 0 Å². The van der Waals surface area contributed by atoms with Crippen LogP contribution in [0.1, 0.15) is 0 Å². The molecular weight excluding hydrogens is 436 g/mol. The third-order valence-electron chi connectivity index (χ3n) is 6.99. The van der Waals surface area contributed by atoms with Crippen molar-refractivity contribution in [2.24, 2.45) is 0 Å². The minimum absolute atomic E-state index is 1.06. The van der Waals surface area contributed by atoms with Crippen LogP contribution in [0.4, 0.5) is 11.4 Å². The van der Waals surface area contributed by atoms with Crippen LogP contribution in [0.25, 0.3) is 49.4 Å². The lowest BCUT2D eigenvalue weighted by atomic mass is 9.97. The second-order valence-corrected chi connectivity index (χ2v) is 9.11. The summed E-state index contributed by atoms with van der Waals surface area (Å²) in [5.41, 5.74) is 8.19. The van der Waals surface area contributed by atoms with Crippen molar-refractivity contribution in [3.63, 3.8) is 0 Å². The Bertz CT molecular complexity index is 1800. The van der Waals surface area contributed by atoms with Gasteiger partial charge in [0.05, 0.1) is 11.0 Å².